The third kappa shape index (κ3) is 17.6. The first-order chi connectivity index (χ1) is 18.2. The van der Waals surface area contributed by atoms with E-state index in [1.807, 2.05) is 59.7 Å². The van der Waals surface area contributed by atoms with Gasteiger partial charge in [-0.1, -0.05) is 34.1 Å². The van der Waals surface area contributed by atoms with Gasteiger partial charge in [-0.25, -0.2) is 9.59 Å². The molecule has 10 heteroatoms. The van der Waals surface area contributed by atoms with Crippen LogP contribution in [0.25, 0.3) is 5.57 Å². The predicted molar refractivity (Wildman–Crippen MR) is 161 cm³/mol. The van der Waals surface area contributed by atoms with E-state index in [1.54, 1.807) is 0 Å². The molecule has 39 heavy (non-hydrogen) atoms. The van der Waals surface area contributed by atoms with Gasteiger partial charge in [0.15, 0.2) is 0 Å². The highest BCUT2D eigenvalue weighted by Gasteiger charge is 2.17. The lowest BCUT2D eigenvalue weighted by Gasteiger charge is -2.26. The molecule has 3 amide bonds. The van der Waals surface area contributed by atoms with E-state index in [1.165, 1.54) is 12.5 Å². The summed E-state index contributed by atoms with van der Waals surface area (Å²) in [6, 6.07) is 7.97. The number of ether oxygens (including phenoxy) is 2. The molecule has 3 N–H and O–H groups in total. The zero-order valence-corrected chi connectivity index (χ0v) is 26.2. The van der Waals surface area contributed by atoms with Crippen LogP contribution in [0.1, 0.15) is 73.3 Å². The Morgan fingerprint density at radius 3 is 2.03 bits per heavy atom. The van der Waals surface area contributed by atoms with Crippen molar-refractivity contribution in [2.24, 2.45) is 0 Å². The molecule has 0 atom stereocenters. The summed E-state index contributed by atoms with van der Waals surface area (Å²) < 4.78 is 10.2. The number of hydrogen-bond donors (Lipinski definition) is 3. The van der Waals surface area contributed by atoms with E-state index in [0.29, 0.717) is 13.1 Å². The van der Waals surface area contributed by atoms with Gasteiger partial charge in [-0.3, -0.25) is 9.69 Å². The number of amides is 3. The van der Waals surface area contributed by atoms with Gasteiger partial charge in [-0.15, -0.1) is 0 Å². The zero-order valence-electron chi connectivity index (χ0n) is 24.6. The summed E-state index contributed by atoms with van der Waals surface area (Å²) in [5, 5.41) is 9.17. The van der Waals surface area contributed by atoms with Crippen LogP contribution in [-0.2, 0) is 14.3 Å². The van der Waals surface area contributed by atoms with E-state index < -0.39 is 11.2 Å². The lowest BCUT2D eigenvalue weighted by atomic mass is 9.99. The van der Waals surface area contributed by atoms with Crippen LogP contribution in [0, 0.1) is 0 Å². The summed E-state index contributed by atoms with van der Waals surface area (Å²) in [4.78, 5) is 36.2. The second-order valence-corrected chi connectivity index (χ2v) is 12.1. The van der Waals surface area contributed by atoms with Crippen LogP contribution in [0.4, 0.5) is 15.3 Å². The molecule has 0 aromatic heterocycles. The van der Waals surface area contributed by atoms with E-state index in [0.717, 1.165) is 55.5 Å². The number of nitrogens with one attached hydrogen (secondary N) is 3. The molecular formula is C29H47BrN4O5. The van der Waals surface area contributed by atoms with Crippen LogP contribution in [0.15, 0.2) is 30.3 Å². The molecule has 0 spiro atoms. The molecule has 1 aromatic carbocycles. The Morgan fingerprint density at radius 1 is 0.949 bits per heavy atom. The predicted octanol–water partition coefficient (Wildman–Crippen LogP) is 5.95. The van der Waals surface area contributed by atoms with Crippen LogP contribution in [0.5, 0.6) is 0 Å². The molecule has 0 saturated carbocycles. The lowest BCUT2D eigenvalue weighted by Crippen LogP contribution is -2.35. The van der Waals surface area contributed by atoms with Gasteiger partial charge in [-0.05, 0) is 84.1 Å². The van der Waals surface area contributed by atoms with Crippen LogP contribution in [0.3, 0.4) is 0 Å². The molecule has 0 fully saturated rings. The van der Waals surface area contributed by atoms with Crippen molar-refractivity contribution in [1.29, 1.82) is 0 Å². The number of halogens is 1. The minimum Gasteiger partial charge on any atom is -0.444 e. The van der Waals surface area contributed by atoms with E-state index in [-0.39, 0.29) is 18.1 Å². The number of anilines is 1. The topological polar surface area (TPSA) is 109 Å². The summed E-state index contributed by atoms with van der Waals surface area (Å²) in [5.41, 5.74) is 2.43. The summed E-state index contributed by atoms with van der Waals surface area (Å²) >= 11 is 3.27. The van der Waals surface area contributed by atoms with E-state index in [2.05, 4.69) is 48.9 Å². The van der Waals surface area contributed by atoms with Gasteiger partial charge in [0.25, 0.3) is 0 Å². The maximum absolute atomic E-state index is 11.6. The largest absolute Gasteiger partial charge is 0.444 e. The molecule has 220 valence electrons. The molecule has 1 heterocycles. The third-order valence-corrected chi connectivity index (χ3v) is 5.71. The SMILES string of the molecule is CC(=O)Nc1cccc(C2=CCN(CCCNC(=O)OC(C)(C)C)CC2)c1.CC(C)(C)OC(=O)NCCCBr. The van der Waals surface area contributed by atoms with Crippen molar-refractivity contribution in [1.82, 2.24) is 15.5 Å². The molecule has 2 rings (SSSR count). The van der Waals surface area contributed by atoms with Gasteiger partial charge in [0.2, 0.25) is 5.91 Å². The number of carbonyl (C=O) groups excluding carboxylic acids is 3. The molecule has 9 nitrogen and oxygen atoms in total. The average molecular weight is 612 g/mol. The minimum atomic E-state index is -0.463. The van der Waals surface area contributed by atoms with Crippen molar-refractivity contribution in [2.45, 2.75) is 78.9 Å². The van der Waals surface area contributed by atoms with Crippen molar-refractivity contribution >= 4 is 45.3 Å². The summed E-state index contributed by atoms with van der Waals surface area (Å²) in [6.07, 6.45) is 4.33. The molecule has 0 radical (unpaired) electrons. The molecular weight excluding hydrogens is 564 g/mol. The molecule has 0 bridgehead atoms. The normalized spacial score (nSPS) is 13.8. The Balaban J connectivity index is 0.000000534. The second-order valence-electron chi connectivity index (χ2n) is 11.3. The Hall–Kier alpha value is -2.59. The Morgan fingerprint density at radius 2 is 1.54 bits per heavy atom. The summed E-state index contributed by atoms with van der Waals surface area (Å²) in [5.74, 6) is -0.0593. The number of alkyl carbamates (subject to hydrolysis) is 2. The maximum Gasteiger partial charge on any atom is 0.407 e. The molecule has 0 saturated heterocycles. The standard InChI is InChI=1S/C21H31N3O3.C8H16BrNO2/c1-16(25)23-19-8-5-7-18(15-19)17-9-13-24(14-10-17)12-6-11-22-20(26)27-21(2,3)4;1-8(2,3)12-7(11)10-6-4-5-9/h5,7-9,15H,6,10-14H2,1-4H3,(H,22,26)(H,23,25);4-6H2,1-3H3,(H,10,11). The van der Waals surface area contributed by atoms with Crippen molar-refractivity contribution in [2.75, 3.05) is 43.4 Å². The van der Waals surface area contributed by atoms with E-state index >= 15 is 0 Å². The Labute approximate surface area is 242 Å². The Bertz CT molecular complexity index is 954. The number of nitrogens with zero attached hydrogens (tertiary/aromatic N) is 1. The molecule has 1 aromatic rings. The minimum absolute atomic E-state index is 0.0593. The highest BCUT2D eigenvalue weighted by molar-refractivity contribution is 9.09. The summed E-state index contributed by atoms with van der Waals surface area (Å²) in [7, 11) is 0. The van der Waals surface area contributed by atoms with Gasteiger partial charge in [0.05, 0.1) is 0 Å². The number of alkyl halides is 1. The monoisotopic (exact) mass is 610 g/mol. The number of benzene rings is 1. The van der Waals surface area contributed by atoms with Crippen LogP contribution in [-0.4, -0.2) is 72.2 Å². The van der Waals surface area contributed by atoms with Gasteiger partial charge in [0.1, 0.15) is 11.2 Å². The van der Waals surface area contributed by atoms with Crippen LogP contribution < -0.4 is 16.0 Å². The first kappa shape index (κ1) is 34.4. The molecule has 0 unspecified atom stereocenters. The fourth-order valence-corrected chi connectivity index (χ4v) is 3.84. The quantitative estimate of drug-likeness (QED) is 0.236. The first-order valence-electron chi connectivity index (χ1n) is 13.5. The second kappa shape index (κ2) is 17.2. The van der Waals surface area contributed by atoms with Crippen molar-refractivity contribution < 1.29 is 23.9 Å². The highest BCUT2D eigenvalue weighted by Crippen LogP contribution is 2.24. The molecule has 0 aliphatic carbocycles. The van der Waals surface area contributed by atoms with Crippen LogP contribution >= 0.6 is 15.9 Å². The molecule has 1 aliphatic rings. The van der Waals surface area contributed by atoms with Gasteiger partial charge in [0, 0.05) is 50.7 Å². The fraction of sp³-hybridized carbons (Fsp3) is 0.621. The maximum atomic E-state index is 11.6. The molecule has 1 aliphatic heterocycles. The van der Waals surface area contributed by atoms with Crippen LogP contribution in [0.2, 0.25) is 0 Å². The van der Waals surface area contributed by atoms with Crippen molar-refractivity contribution in [3.05, 3.63) is 35.9 Å². The zero-order chi connectivity index (χ0) is 29.5. The van der Waals surface area contributed by atoms with Gasteiger partial charge < -0.3 is 25.4 Å². The third-order valence-electron chi connectivity index (χ3n) is 5.14. The fourth-order valence-electron chi connectivity index (χ4n) is 3.56. The average Bonchev–Trinajstić information content (AvgIpc) is 2.80. The number of hydrogen-bond acceptors (Lipinski definition) is 6. The number of rotatable bonds is 9. The first-order valence-corrected chi connectivity index (χ1v) is 14.6. The smallest absolute Gasteiger partial charge is 0.407 e. The number of carbonyl (C=O) groups is 3. The van der Waals surface area contributed by atoms with E-state index in [4.69, 9.17) is 9.47 Å². The Kier molecular flexibility index (Phi) is 15.2. The van der Waals surface area contributed by atoms with Gasteiger partial charge >= 0.3 is 12.2 Å². The van der Waals surface area contributed by atoms with Crippen molar-refractivity contribution in [3.63, 3.8) is 0 Å². The van der Waals surface area contributed by atoms with Crippen molar-refractivity contribution in [3.8, 4) is 0 Å². The highest BCUT2D eigenvalue weighted by atomic mass is 79.9. The lowest BCUT2D eigenvalue weighted by molar-refractivity contribution is -0.114. The van der Waals surface area contributed by atoms with E-state index in [9.17, 15) is 14.4 Å². The van der Waals surface area contributed by atoms with Gasteiger partial charge in [-0.2, -0.15) is 0 Å². The summed E-state index contributed by atoms with van der Waals surface area (Å²) in [6.45, 7) is 16.7.